The molecular weight excluding hydrogens is 218 g/mol. The maximum Gasteiger partial charge on any atom is 0.136 e. The molecule has 0 aliphatic heterocycles. The van der Waals surface area contributed by atoms with Gasteiger partial charge in [-0.25, -0.2) is 0 Å². The first-order chi connectivity index (χ1) is 7.85. The maximum absolute atomic E-state index is 11.6. The number of carbonyl (C=O) groups excluding carboxylic acids is 1. The summed E-state index contributed by atoms with van der Waals surface area (Å²) in [6, 6.07) is 0.286. The minimum atomic E-state index is -0.324. The summed E-state index contributed by atoms with van der Waals surface area (Å²) >= 11 is 0. The van der Waals surface area contributed by atoms with Crippen molar-refractivity contribution in [2.45, 2.75) is 33.7 Å². The van der Waals surface area contributed by atoms with E-state index in [-0.39, 0.29) is 17.2 Å². The number of hydrogen-bond donors (Lipinski definition) is 0. The van der Waals surface area contributed by atoms with Crippen LogP contribution >= 0.6 is 0 Å². The van der Waals surface area contributed by atoms with E-state index in [2.05, 4.69) is 11.8 Å². The molecule has 0 aromatic carbocycles. The second-order valence-electron chi connectivity index (χ2n) is 5.21. The quantitative estimate of drug-likeness (QED) is 0.618. The van der Waals surface area contributed by atoms with E-state index >= 15 is 0 Å². The zero-order valence-electron chi connectivity index (χ0n) is 12.1. The van der Waals surface area contributed by atoms with Gasteiger partial charge in [-0.15, -0.1) is 0 Å². The van der Waals surface area contributed by atoms with Gasteiger partial charge in [0.15, 0.2) is 0 Å². The summed E-state index contributed by atoms with van der Waals surface area (Å²) in [5.41, 5.74) is -0.324. The smallest absolute Gasteiger partial charge is 0.136 e. The molecule has 0 bridgehead atoms. The number of Topliss-reactive ketones (excluding diaryl/α,β-unsaturated/α-hetero) is 1. The highest BCUT2D eigenvalue weighted by molar-refractivity contribution is 5.81. The average Bonchev–Trinajstić information content (AvgIpc) is 2.24. The molecule has 0 aliphatic rings. The normalized spacial score (nSPS) is 14.1. The zero-order valence-corrected chi connectivity index (χ0v) is 12.1. The van der Waals surface area contributed by atoms with Crippen molar-refractivity contribution in [3.05, 3.63) is 0 Å². The van der Waals surface area contributed by atoms with E-state index in [4.69, 9.17) is 9.47 Å². The summed E-state index contributed by atoms with van der Waals surface area (Å²) in [7, 11) is 3.39. The number of nitrogens with zero attached hydrogens (tertiary/aromatic N) is 1. The third-order valence-electron chi connectivity index (χ3n) is 3.17. The lowest BCUT2D eigenvalue weighted by Crippen LogP contribution is -2.46. The summed E-state index contributed by atoms with van der Waals surface area (Å²) < 4.78 is 10.3. The third kappa shape index (κ3) is 6.15. The van der Waals surface area contributed by atoms with E-state index in [1.54, 1.807) is 21.1 Å². The van der Waals surface area contributed by atoms with Crippen molar-refractivity contribution in [3.63, 3.8) is 0 Å². The second-order valence-corrected chi connectivity index (χ2v) is 5.21. The predicted octanol–water partition coefficient (Wildman–Crippen LogP) is 1.58. The molecule has 0 saturated carbocycles. The van der Waals surface area contributed by atoms with E-state index in [9.17, 15) is 4.79 Å². The molecule has 0 spiro atoms. The van der Waals surface area contributed by atoms with E-state index in [0.717, 1.165) is 13.1 Å². The summed E-state index contributed by atoms with van der Waals surface area (Å²) in [6.07, 6.45) is 0. The van der Waals surface area contributed by atoms with Crippen molar-refractivity contribution in [1.82, 2.24) is 4.90 Å². The molecule has 4 nitrogen and oxygen atoms in total. The molecule has 0 radical (unpaired) electrons. The molecule has 0 N–H and O–H groups in total. The van der Waals surface area contributed by atoms with Crippen LogP contribution in [-0.4, -0.2) is 57.2 Å². The first-order valence-electron chi connectivity index (χ1n) is 6.08. The lowest BCUT2D eigenvalue weighted by molar-refractivity contribution is -0.126. The van der Waals surface area contributed by atoms with Crippen molar-refractivity contribution in [2.24, 2.45) is 5.41 Å². The van der Waals surface area contributed by atoms with Gasteiger partial charge in [-0.2, -0.15) is 0 Å². The van der Waals surface area contributed by atoms with E-state index in [1.807, 2.05) is 13.8 Å². The highest BCUT2D eigenvalue weighted by Crippen LogP contribution is 2.19. The van der Waals surface area contributed by atoms with E-state index in [1.165, 1.54) is 0 Å². The first-order valence-corrected chi connectivity index (χ1v) is 6.08. The fraction of sp³-hybridized carbons (Fsp3) is 0.923. The average molecular weight is 245 g/mol. The fourth-order valence-corrected chi connectivity index (χ4v) is 1.63. The topological polar surface area (TPSA) is 38.8 Å². The van der Waals surface area contributed by atoms with Crippen molar-refractivity contribution < 1.29 is 14.3 Å². The molecular formula is C13H27NO3. The van der Waals surface area contributed by atoms with Gasteiger partial charge in [0.1, 0.15) is 5.78 Å². The molecule has 0 rings (SSSR count). The SMILES string of the molecule is COCCN(CC(C)(C)C(C)=O)C(C)COC. The van der Waals surface area contributed by atoms with Crippen molar-refractivity contribution in [1.29, 1.82) is 0 Å². The summed E-state index contributed by atoms with van der Waals surface area (Å²) in [6.45, 7) is 10.6. The van der Waals surface area contributed by atoms with Gasteiger partial charge in [0.2, 0.25) is 0 Å². The molecule has 0 fully saturated rings. The van der Waals surface area contributed by atoms with E-state index in [0.29, 0.717) is 13.2 Å². The number of hydrogen-bond acceptors (Lipinski definition) is 4. The number of methoxy groups -OCH3 is 2. The third-order valence-corrected chi connectivity index (χ3v) is 3.17. The van der Waals surface area contributed by atoms with Crippen molar-refractivity contribution in [2.75, 3.05) is 40.5 Å². The van der Waals surface area contributed by atoms with Gasteiger partial charge in [0.05, 0.1) is 13.2 Å². The Morgan fingerprint density at radius 1 is 1.29 bits per heavy atom. The van der Waals surface area contributed by atoms with Gasteiger partial charge >= 0.3 is 0 Å². The van der Waals surface area contributed by atoms with Crippen LogP contribution in [0.3, 0.4) is 0 Å². The lowest BCUT2D eigenvalue weighted by Gasteiger charge is -2.34. The lowest BCUT2D eigenvalue weighted by atomic mass is 9.88. The molecule has 4 heteroatoms. The number of rotatable bonds is 9. The Kier molecular flexibility index (Phi) is 7.59. The molecule has 17 heavy (non-hydrogen) atoms. The molecule has 0 heterocycles. The zero-order chi connectivity index (χ0) is 13.5. The van der Waals surface area contributed by atoms with Crippen LogP contribution in [0.5, 0.6) is 0 Å². The highest BCUT2D eigenvalue weighted by Gasteiger charge is 2.28. The van der Waals surface area contributed by atoms with Crippen LogP contribution in [0.15, 0.2) is 0 Å². The summed E-state index contributed by atoms with van der Waals surface area (Å²) in [5.74, 6) is 0.213. The Hall–Kier alpha value is -0.450. The van der Waals surface area contributed by atoms with Crippen LogP contribution in [0.25, 0.3) is 0 Å². The summed E-state index contributed by atoms with van der Waals surface area (Å²) in [4.78, 5) is 13.8. The fourth-order valence-electron chi connectivity index (χ4n) is 1.63. The Balaban J connectivity index is 4.51. The number of ketones is 1. The number of carbonyl (C=O) groups is 1. The molecule has 0 aromatic heterocycles. The van der Waals surface area contributed by atoms with Crippen molar-refractivity contribution >= 4 is 5.78 Å². The predicted molar refractivity (Wildman–Crippen MR) is 69.2 cm³/mol. The van der Waals surface area contributed by atoms with Gasteiger partial charge in [-0.1, -0.05) is 13.8 Å². The van der Waals surface area contributed by atoms with Crippen LogP contribution in [0.2, 0.25) is 0 Å². The minimum Gasteiger partial charge on any atom is -0.383 e. The van der Waals surface area contributed by atoms with Gasteiger partial charge in [-0.05, 0) is 13.8 Å². The minimum absolute atomic E-state index is 0.213. The van der Waals surface area contributed by atoms with Gasteiger partial charge in [0.25, 0.3) is 0 Å². The molecule has 0 aromatic rings. The van der Waals surface area contributed by atoms with Crippen LogP contribution in [0.4, 0.5) is 0 Å². The second kappa shape index (κ2) is 7.80. The summed E-state index contributed by atoms with van der Waals surface area (Å²) in [5, 5.41) is 0. The van der Waals surface area contributed by atoms with Crippen LogP contribution in [0.1, 0.15) is 27.7 Å². The van der Waals surface area contributed by atoms with Gasteiger partial charge in [0, 0.05) is 38.8 Å². The first kappa shape index (κ1) is 16.6. The van der Waals surface area contributed by atoms with Crippen LogP contribution in [-0.2, 0) is 14.3 Å². The molecule has 1 unspecified atom stereocenters. The van der Waals surface area contributed by atoms with Crippen LogP contribution in [0, 0.1) is 5.41 Å². The van der Waals surface area contributed by atoms with Gasteiger partial charge in [-0.3, -0.25) is 9.69 Å². The van der Waals surface area contributed by atoms with Crippen LogP contribution < -0.4 is 0 Å². The monoisotopic (exact) mass is 245 g/mol. The standard InChI is InChI=1S/C13H27NO3/c1-11(9-17-6)14(7-8-16-5)10-13(3,4)12(2)15/h11H,7-10H2,1-6H3. The maximum atomic E-state index is 11.6. The number of ether oxygens (including phenoxy) is 2. The molecule has 1 atom stereocenters. The molecule has 0 aliphatic carbocycles. The largest absolute Gasteiger partial charge is 0.383 e. The molecule has 102 valence electrons. The van der Waals surface area contributed by atoms with Crippen molar-refractivity contribution in [3.8, 4) is 0 Å². The Bertz CT molecular complexity index is 229. The molecule has 0 amide bonds. The Morgan fingerprint density at radius 3 is 2.29 bits per heavy atom. The highest BCUT2D eigenvalue weighted by atomic mass is 16.5. The Morgan fingerprint density at radius 2 is 1.88 bits per heavy atom. The van der Waals surface area contributed by atoms with E-state index < -0.39 is 0 Å². The molecule has 0 saturated heterocycles. The Labute approximate surface area is 105 Å². The van der Waals surface area contributed by atoms with Gasteiger partial charge < -0.3 is 9.47 Å².